The molecule has 1 aliphatic heterocycles. The van der Waals surface area contributed by atoms with Gasteiger partial charge in [-0.25, -0.2) is 14.5 Å². The smallest absolute Gasteiger partial charge is 0.253 e. The fourth-order valence-electron chi connectivity index (χ4n) is 3.53. The lowest BCUT2D eigenvalue weighted by atomic mass is 10.1. The summed E-state index contributed by atoms with van der Waals surface area (Å²) in [6, 6.07) is 8.09. The van der Waals surface area contributed by atoms with Crippen LogP contribution in [0.3, 0.4) is 0 Å². The average Bonchev–Trinajstić information content (AvgIpc) is 3.54. The monoisotopic (exact) mass is 468 g/mol. The summed E-state index contributed by atoms with van der Waals surface area (Å²) in [6.45, 7) is 5.99. The van der Waals surface area contributed by atoms with E-state index in [1.54, 1.807) is 32.2 Å². The van der Waals surface area contributed by atoms with Crippen LogP contribution in [0.2, 0.25) is 0 Å². The van der Waals surface area contributed by atoms with Gasteiger partial charge in [0.15, 0.2) is 0 Å². The third-order valence-corrected chi connectivity index (χ3v) is 8.12. The number of amides is 1. The van der Waals surface area contributed by atoms with Crippen LogP contribution in [0.5, 0.6) is 0 Å². The van der Waals surface area contributed by atoms with Gasteiger partial charge in [0, 0.05) is 22.7 Å². The van der Waals surface area contributed by atoms with Gasteiger partial charge in [0.25, 0.3) is 11.7 Å². The number of carbonyl (C=O) groups is 1. The lowest BCUT2D eigenvalue weighted by Gasteiger charge is -2.20. The van der Waals surface area contributed by atoms with E-state index in [1.165, 1.54) is 11.8 Å². The van der Waals surface area contributed by atoms with Crippen molar-refractivity contribution in [1.82, 2.24) is 24.6 Å². The fraction of sp³-hybridized carbons (Fsp3) is 0.286. The van der Waals surface area contributed by atoms with Crippen molar-refractivity contribution < 1.29 is 4.79 Å². The Morgan fingerprint density at radius 2 is 1.97 bits per heavy atom. The Kier molecular flexibility index (Phi) is 5.37. The van der Waals surface area contributed by atoms with Crippen molar-refractivity contribution in [2.24, 2.45) is 5.10 Å². The first-order valence-corrected chi connectivity index (χ1v) is 12.6. The van der Waals surface area contributed by atoms with Crippen molar-refractivity contribution in [2.45, 2.75) is 38.4 Å². The van der Waals surface area contributed by atoms with Gasteiger partial charge in [-0.05, 0) is 49.2 Å². The first-order valence-electron chi connectivity index (χ1n) is 9.81. The van der Waals surface area contributed by atoms with E-state index < -0.39 is 0 Å². The van der Waals surface area contributed by atoms with Crippen LogP contribution in [0.1, 0.15) is 39.2 Å². The maximum atomic E-state index is 13.2. The van der Waals surface area contributed by atoms with Gasteiger partial charge in [-0.1, -0.05) is 23.9 Å². The molecule has 1 unspecified atom stereocenters. The fourth-order valence-corrected chi connectivity index (χ4v) is 5.73. The molecule has 1 amide bonds. The summed E-state index contributed by atoms with van der Waals surface area (Å²) in [7, 11) is 0. The molecule has 1 atom stereocenters. The molecule has 0 spiro atoms. The largest absolute Gasteiger partial charge is 0.272 e. The number of aryl methyl sites for hydroxylation is 2. The van der Waals surface area contributed by atoms with Crippen LogP contribution in [0.25, 0.3) is 5.78 Å². The van der Waals surface area contributed by atoms with Crippen molar-refractivity contribution in [3.05, 3.63) is 61.7 Å². The molecule has 4 aromatic heterocycles. The molecule has 0 radical (unpaired) electrons. The number of thioether (sulfide) groups is 1. The quantitative estimate of drug-likeness (QED) is 0.399. The van der Waals surface area contributed by atoms with Gasteiger partial charge in [-0.2, -0.15) is 10.1 Å². The minimum Gasteiger partial charge on any atom is -0.272 e. The zero-order chi connectivity index (χ0) is 21.5. The van der Waals surface area contributed by atoms with Crippen molar-refractivity contribution >= 4 is 51.8 Å². The molecule has 5 heterocycles. The highest BCUT2D eigenvalue weighted by atomic mass is 32.2. The van der Waals surface area contributed by atoms with Crippen LogP contribution in [0.4, 0.5) is 0 Å². The second-order valence-corrected chi connectivity index (χ2v) is 10.2. The third-order valence-electron chi connectivity index (χ3n) is 5.41. The molecule has 10 heteroatoms. The third kappa shape index (κ3) is 3.79. The second-order valence-electron chi connectivity index (χ2n) is 7.30. The topological polar surface area (TPSA) is 75.8 Å². The molecular formula is C21H20N6OS3. The molecule has 5 rings (SSSR count). The van der Waals surface area contributed by atoms with E-state index in [0.29, 0.717) is 10.9 Å². The summed E-state index contributed by atoms with van der Waals surface area (Å²) in [5.41, 5.74) is 4.01. The average molecular weight is 469 g/mol. The number of thiophene rings is 2. The number of rotatable bonds is 5. The maximum absolute atomic E-state index is 13.2. The number of hydrogen-bond acceptors (Lipinski definition) is 8. The number of nitrogens with zero attached hydrogens (tertiary/aromatic N) is 6. The number of fused-ring (bicyclic) bond motifs is 1. The molecule has 0 aliphatic carbocycles. The van der Waals surface area contributed by atoms with Gasteiger partial charge in [-0.3, -0.25) is 4.79 Å². The van der Waals surface area contributed by atoms with Gasteiger partial charge >= 0.3 is 0 Å². The van der Waals surface area contributed by atoms with Crippen molar-refractivity contribution in [3.8, 4) is 0 Å². The predicted octanol–water partition coefficient (Wildman–Crippen LogP) is 4.64. The predicted molar refractivity (Wildman–Crippen MR) is 125 cm³/mol. The maximum Gasteiger partial charge on any atom is 0.253 e. The van der Waals surface area contributed by atoms with Gasteiger partial charge in [0.2, 0.25) is 5.16 Å². The van der Waals surface area contributed by atoms with Crippen LogP contribution in [-0.4, -0.2) is 42.0 Å². The Morgan fingerprint density at radius 3 is 2.71 bits per heavy atom. The number of aromatic nitrogens is 4. The zero-order valence-corrected chi connectivity index (χ0v) is 19.7. The lowest BCUT2D eigenvalue weighted by Crippen LogP contribution is -2.28. The van der Waals surface area contributed by atoms with Gasteiger partial charge in [-0.15, -0.1) is 27.8 Å². The molecule has 7 nitrogen and oxygen atoms in total. The highest BCUT2D eigenvalue weighted by Gasteiger charge is 2.34. The van der Waals surface area contributed by atoms with E-state index in [1.807, 2.05) is 43.7 Å². The van der Waals surface area contributed by atoms with E-state index in [0.717, 1.165) is 38.8 Å². The first-order chi connectivity index (χ1) is 15.0. The molecule has 31 heavy (non-hydrogen) atoms. The summed E-state index contributed by atoms with van der Waals surface area (Å²) in [5, 5.41) is 15.5. The molecule has 0 aromatic carbocycles. The molecule has 0 fully saturated rings. The van der Waals surface area contributed by atoms with E-state index in [2.05, 4.69) is 27.2 Å². The summed E-state index contributed by atoms with van der Waals surface area (Å²) in [6.07, 6.45) is 0.728. The minimum atomic E-state index is -0.0616. The lowest BCUT2D eigenvalue weighted by molar-refractivity contribution is -0.130. The molecule has 158 valence electrons. The molecule has 0 N–H and O–H groups in total. The van der Waals surface area contributed by atoms with E-state index >= 15 is 0 Å². The van der Waals surface area contributed by atoms with Crippen LogP contribution >= 0.6 is 34.4 Å². The van der Waals surface area contributed by atoms with Crippen molar-refractivity contribution in [1.29, 1.82) is 0 Å². The highest BCUT2D eigenvalue weighted by molar-refractivity contribution is 7.99. The normalized spacial score (nSPS) is 16.3. The zero-order valence-electron chi connectivity index (χ0n) is 17.3. The van der Waals surface area contributed by atoms with E-state index in [9.17, 15) is 4.79 Å². The number of carbonyl (C=O) groups excluding carboxylic acids is 1. The summed E-state index contributed by atoms with van der Waals surface area (Å²) in [4.78, 5) is 24.4. The Bertz CT molecular complexity index is 1280. The molecule has 0 saturated carbocycles. The number of hydrazone groups is 1. The van der Waals surface area contributed by atoms with E-state index in [-0.39, 0.29) is 17.7 Å². The van der Waals surface area contributed by atoms with Crippen LogP contribution in [0.15, 0.2) is 45.3 Å². The van der Waals surface area contributed by atoms with Gasteiger partial charge in [0.05, 0.1) is 22.4 Å². The van der Waals surface area contributed by atoms with Crippen molar-refractivity contribution in [3.63, 3.8) is 0 Å². The Morgan fingerprint density at radius 1 is 1.16 bits per heavy atom. The van der Waals surface area contributed by atoms with Gasteiger partial charge in [0.1, 0.15) is 0 Å². The molecule has 4 aromatic rings. The molecule has 0 saturated heterocycles. The molecular weight excluding hydrogens is 448 g/mol. The molecule has 0 bridgehead atoms. The minimum absolute atomic E-state index is 0.0501. The van der Waals surface area contributed by atoms with Crippen molar-refractivity contribution in [2.75, 3.05) is 5.75 Å². The standard InChI is InChI=1S/C21H20N6OS3/c1-12-13(2)22-20-23-21(25-26(20)14(12)3)31-11-19(28)27-16(18-7-5-9-30-18)10-15(24-27)17-6-4-8-29-17/h4-9,16H,10-11H2,1-3H3. The summed E-state index contributed by atoms with van der Waals surface area (Å²) >= 11 is 4.63. The van der Waals surface area contributed by atoms with E-state index in [4.69, 9.17) is 5.10 Å². The van der Waals surface area contributed by atoms with Crippen LogP contribution < -0.4 is 0 Å². The molecule has 1 aliphatic rings. The number of hydrogen-bond donors (Lipinski definition) is 0. The second kappa shape index (κ2) is 8.18. The Hall–Kier alpha value is -2.56. The Balaban J connectivity index is 1.37. The highest BCUT2D eigenvalue weighted by Crippen LogP contribution is 2.36. The summed E-state index contributed by atoms with van der Waals surface area (Å²) < 4.78 is 1.74. The van der Waals surface area contributed by atoms with Crippen LogP contribution in [-0.2, 0) is 4.79 Å². The van der Waals surface area contributed by atoms with Crippen LogP contribution in [0, 0.1) is 20.8 Å². The Labute approximate surface area is 191 Å². The first kappa shape index (κ1) is 20.3. The summed E-state index contributed by atoms with van der Waals surface area (Å²) in [5.74, 6) is 0.730. The van der Waals surface area contributed by atoms with Gasteiger partial charge < -0.3 is 0 Å². The SMILES string of the molecule is Cc1nc2nc(SCC(=O)N3N=C(c4cccs4)CC3c3cccs3)nn2c(C)c1C.